The SMILES string of the molecule is Nc1ccc2c(C(=O)N[C@@H]3CN4CCC3CC4)n[nH]c2c1. The van der Waals surface area contributed by atoms with Crippen molar-refractivity contribution >= 4 is 22.5 Å². The van der Waals surface area contributed by atoms with E-state index in [-0.39, 0.29) is 11.9 Å². The fourth-order valence-corrected chi connectivity index (χ4v) is 3.58. The van der Waals surface area contributed by atoms with E-state index in [1.165, 1.54) is 25.9 Å². The zero-order valence-electron chi connectivity index (χ0n) is 11.8. The number of hydrogen-bond donors (Lipinski definition) is 3. The smallest absolute Gasteiger partial charge is 0.272 e. The van der Waals surface area contributed by atoms with E-state index < -0.39 is 0 Å². The number of benzene rings is 1. The van der Waals surface area contributed by atoms with Gasteiger partial charge in [-0.1, -0.05) is 0 Å². The minimum Gasteiger partial charge on any atom is -0.399 e. The van der Waals surface area contributed by atoms with Gasteiger partial charge in [0.25, 0.3) is 5.91 Å². The topological polar surface area (TPSA) is 87.0 Å². The normalized spacial score (nSPS) is 27.9. The molecule has 0 unspecified atom stereocenters. The van der Waals surface area contributed by atoms with Gasteiger partial charge in [0.2, 0.25) is 0 Å². The van der Waals surface area contributed by atoms with Gasteiger partial charge in [0.05, 0.1) is 5.52 Å². The van der Waals surface area contributed by atoms with Crippen molar-refractivity contribution in [3.8, 4) is 0 Å². The van der Waals surface area contributed by atoms with Crippen LogP contribution in [0.25, 0.3) is 10.9 Å². The second kappa shape index (κ2) is 4.73. The van der Waals surface area contributed by atoms with Crippen LogP contribution in [-0.2, 0) is 0 Å². The van der Waals surface area contributed by atoms with Crippen LogP contribution in [0.3, 0.4) is 0 Å². The molecule has 110 valence electrons. The fraction of sp³-hybridized carbons (Fsp3) is 0.467. The van der Waals surface area contributed by atoms with Crippen LogP contribution in [0, 0.1) is 5.92 Å². The number of H-pyrrole nitrogens is 1. The Labute approximate surface area is 122 Å². The third kappa shape index (κ3) is 2.15. The number of nitrogens with zero attached hydrogens (tertiary/aromatic N) is 2. The highest BCUT2D eigenvalue weighted by Crippen LogP contribution is 2.28. The van der Waals surface area contributed by atoms with Gasteiger partial charge in [0.1, 0.15) is 0 Å². The van der Waals surface area contributed by atoms with Crippen molar-refractivity contribution in [2.24, 2.45) is 5.92 Å². The Morgan fingerprint density at radius 1 is 1.38 bits per heavy atom. The van der Waals surface area contributed by atoms with E-state index in [4.69, 9.17) is 5.73 Å². The molecule has 5 rings (SSSR count). The van der Waals surface area contributed by atoms with Gasteiger partial charge in [-0.15, -0.1) is 0 Å². The van der Waals surface area contributed by atoms with E-state index >= 15 is 0 Å². The first kappa shape index (κ1) is 12.6. The molecule has 3 fully saturated rings. The van der Waals surface area contributed by atoms with Gasteiger partial charge in [-0.25, -0.2) is 0 Å². The maximum atomic E-state index is 12.5. The predicted octanol–water partition coefficient (Wildman–Crippen LogP) is 0.969. The summed E-state index contributed by atoms with van der Waals surface area (Å²) in [6.45, 7) is 3.30. The number of carbonyl (C=O) groups is 1. The molecule has 0 aliphatic carbocycles. The fourth-order valence-electron chi connectivity index (χ4n) is 3.58. The number of fused-ring (bicyclic) bond motifs is 4. The molecule has 1 amide bonds. The Morgan fingerprint density at radius 3 is 2.90 bits per heavy atom. The number of nitrogens with one attached hydrogen (secondary N) is 2. The zero-order chi connectivity index (χ0) is 14.4. The molecule has 3 aliphatic rings. The minimum atomic E-state index is -0.0928. The number of amides is 1. The van der Waals surface area contributed by atoms with Gasteiger partial charge in [-0.3, -0.25) is 9.89 Å². The molecular formula is C15H19N5O. The molecule has 2 bridgehead atoms. The summed E-state index contributed by atoms with van der Waals surface area (Å²) in [4.78, 5) is 14.9. The highest BCUT2D eigenvalue weighted by atomic mass is 16.2. The molecule has 4 heterocycles. The summed E-state index contributed by atoms with van der Waals surface area (Å²) in [6, 6.07) is 5.69. The number of piperidine rings is 3. The van der Waals surface area contributed by atoms with E-state index in [1.54, 1.807) is 12.1 Å². The van der Waals surface area contributed by atoms with Crippen LogP contribution >= 0.6 is 0 Å². The summed E-state index contributed by atoms with van der Waals surface area (Å²) in [7, 11) is 0. The zero-order valence-corrected chi connectivity index (χ0v) is 11.8. The average Bonchev–Trinajstić information content (AvgIpc) is 2.91. The predicted molar refractivity (Wildman–Crippen MR) is 80.9 cm³/mol. The van der Waals surface area contributed by atoms with Crippen LogP contribution in [0.1, 0.15) is 23.3 Å². The van der Waals surface area contributed by atoms with Gasteiger partial charge in [0, 0.05) is 23.7 Å². The first-order valence-electron chi connectivity index (χ1n) is 7.47. The molecular weight excluding hydrogens is 266 g/mol. The quantitative estimate of drug-likeness (QED) is 0.718. The first-order valence-corrected chi connectivity index (χ1v) is 7.47. The molecule has 6 nitrogen and oxygen atoms in total. The Balaban J connectivity index is 1.56. The van der Waals surface area contributed by atoms with Crippen LogP contribution in [0.2, 0.25) is 0 Å². The summed E-state index contributed by atoms with van der Waals surface area (Å²) in [5.41, 5.74) is 7.67. The van der Waals surface area contributed by atoms with Crippen molar-refractivity contribution in [3.63, 3.8) is 0 Å². The Bertz CT molecular complexity index is 686. The molecule has 3 aliphatic heterocycles. The highest BCUT2D eigenvalue weighted by Gasteiger charge is 2.35. The molecule has 0 saturated carbocycles. The number of aromatic nitrogens is 2. The van der Waals surface area contributed by atoms with Gasteiger partial charge < -0.3 is 16.0 Å². The number of rotatable bonds is 2. The monoisotopic (exact) mass is 285 g/mol. The number of hydrogen-bond acceptors (Lipinski definition) is 4. The summed E-state index contributed by atoms with van der Waals surface area (Å²) in [5, 5.41) is 11.0. The van der Waals surface area contributed by atoms with Crippen LogP contribution < -0.4 is 11.1 Å². The van der Waals surface area contributed by atoms with E-state index in [0.29, 0.717) is 17.3 Å². The van der Waals surface area contributed by atoms with Crippen molar-refractivity contribution < 1.29 is 4.79 Å². The second-order valence-corrected chi connectivity index (χ2v) is 6.10. The Hall–Kier alpha value is -2.08. The lowest BCUT2D eigenvalue weighted by Gasteiger charge is -2.44. The lowest BCUT2D eigenvalue weighted by atomic mass is 9.84. The molecule has 2 aromatic rings. The third-order valence-corrected chi connectivity index (χ3v) is 4.77. The van der Waals surface area contributed by atoms with Crippen LogP contribution in [0.5, 0.6) is 0 Å². The third-order valence-electron chi connectivity index (χ3n) is 4.77. The lowest BCUT2D eigenvalue weighted by Crippen LogP contribution is -2.57. The largest absolute Gasteiger partial charge is 0.399 e. The number of anilines is 1. The van der Waals surface area contributed by atoms with Crippen molar-refractivity contribution in [3.05, 3.63) is 23.9 Å². The molecule has 6 heteroatoms. The summed E-state index contributed by atoms with van der Waals surface area (Å²) < 4.78 is 0. The van der Waals surface area contributed by atoms with E-state index in [1.807, 2.05) is 6.07 Å². The van der Waals surface area contributed by atoms with E-state index in [0.717, 1.165) is 17.4 Å². The first-order chi connectivity index (χ1) is 10.2. The Kier molecular flexibility index (Phi) is 2.85. The maximum absolute atomic E-state index is 12.5. The van der Waals surface area contributed by atoms with Gasteiger partial charge in [0.15, 0.2) is 5.69 Å². The maximum Gasteiger partial charge on any atom is 0.272 e. The molecule has 3 saturated heterocycles. The molecule has 0 radical (unpaired) electrons. The number of carbonyl (C=O) groups excluding carboxylic acids is 1. The standard InChI is InChI=1S/C15H19N5O/c16-10-1-2-11-12(7-10)18-19-14(11)15(21)17-13-8-20-5-3-9(13)4-6-20/h1-2,7,9,13H,3-6,8,16H2,(H,17,21)(H,18,19)/t13-/m1/s1. The highest BCUT2D eigenvalue weighted by molar-refractivity contribution is 6.05. The summed E-state index contributed by atoms with van der Waals surface area (Å²) in [6.07, 6.45) is 2.37. The minimum absolute atomic E-state index is 0.0928. The summed E-state index contributed by atoms with van der Waals surface area (Å²) >= 11 is 0. The van der Waals surface area contributed by atoms with Crippen molar-refractivity contribution in [2.45, 2.75) is 18.9 Å². The van der Waals surface area contributed by atoms with Crippen LogP contribution in [0.4, 0.5) is 5.69 Å². The van der Waals surface area contributed by atoms with E-state index in [9.17, 15) is 4.79 Å². The van der Waals surface area contributed by atoms with Crippen molar-refractivity contribution in [2.75, 3.05) is 25.4 Å². The van der Waals surface area contributed by atoms with Gasteiger partial charge >= 0.3 is 0 Å². The van der Waals surface area contributed by atoms with Crippen LogP contribution in [0.15, 0.2) is 18.2 Å². The molecule has 1 aromatic heterocycles. The van der Waals surface area contributed by atoms with E-state index in [2.05, 4.69) is 20.4 Å². The average molecular weight is 285 g/mol. The molecule has 4 N–H and O–H groups in total. The van der Waals surface area contributed by atoms with Gasteiger partial charge in [-0.2, -0.15) is 5.10 Å². The number of nitrogens with two attached hydrogens (primary N) is 1. The molecule has 1 atom stereocenters. The Morgan fingerprint density at radius 2 is 2.19 bits per heavy atom. The van der Waals surface area contributed by atoms with Crippen molar-refractivity contribution in [1.82, 2.24) is 20.4 Å². The number of nitrogen functional groups attached to an aromatic ring is 1. The van der Waals surface area contributed by atoms with Gasteiger partial charge in [-0.05, 0) is 50.0 Å². The molecule has 1 aromatic carbocycles. The second-order valence-electron chi connectivity index (χ2n) is 6.10. The van der Waals surface area contributed by atoms with Crippen LogP contribution in [-0.4, -0.2) is 46.7 Å². The summed E-state index contributed by atoms with van der Waals surface area (Å²) in [5.74, 6) is 0.518. The lowest BCUT2D eigenvalue weighted by molar-refractivity contribution is 0.0618. The molecule has 21 heavy (non-hydrogen) atoms. The number of aromatic amines is 1. The van der Waals surface area contributed by atoms with Crippen molar-refractivity contribution in [1.29, 1.82) is 0 Å². The molecule has 0 spiro atoms.